The second-order valence-electron chi connectivity index (χ2n) is 6.70. The van der Waals surface area contributed by atoms with Crippen LogP contribution in [-0.2, 0) is 17.6 Å². The molecule has 0 N–H and O–H groups in total. The Morgan fingerprint density at radius 1 is 1.14 bits per heavy atom. The number of aliphatic imine (C=N–C) groups is 1. The number of hydrogen-bond donors (Lipinski definition) is 0. The van der Waals surface area contributed by atoms with Crippen LogP contribution in [0.25, 0.3) is 0 Å². The summed E-state index contributed by atoms with van der Waals surface area (Å²) in [5, 5.41) is -0.0984. The van der Waals surface area contributed by atoms with E-state index in [-0.39, 0.29) is 29.1 Å². The van der Waals surface area contributed by atoms with E-state index < -0.39 is 23.2 Å². The topological polar surface area (TPSA) is 41.9 Å². The molecule has 2 aliphatic rings. The smallest absolute Gasteiger partial charge is 0.184 e. The number of carbonyl (C=O) groups is 1. The lowest BCUT2D eigenvalue weighted by Gasteiger charge is -2.28. The van der Waals surface area contributed by atoms with Crippen LogP contribution in [0.2, 0.25) is 5.02 Å². The number of rotatable bonds is 3. The van der Waals surface area contributed by atoms with Gasteiger partial charge in [-0.15, -0.1) is 0 Å². The lowest BCUT2D eigenvalue weighted by Crippen LogP contribution is -2.40. The standard InChI is InChI=1S/C20H16ClF3N2O2/c21-14-7-11(1-2-15(14)22)8-17(27)12-9-16(23)19(24)20-13(12)10-18(25-20)26-3-5-28-6-4-26/h1-2,7,9H,3-6,8,10H2. The van der Waals surface area contributed by atoms with E-state index in [9.17, 15) is 18.0 Å². The first kappa shape index (κ1) is 19.0. The number of ether oxygens (including phenoxy) is 1. The van der Waals surface area contributed by atoms with Gasteiger partial charge in [0.2, 0.25) is 0 Å². The Hall–Kier alpha value is -2.38. The van der Waals surface area contributed by atoms with Gasteiger partial charge >= 0.3 is 0 Å². The van der Waals surface area contributed by atoms with Crippen LogP contribution in [0.15, 0.2) is 29.3 Å². The molecule has 0 spiro atoms. The van der Waals surface area contributed by atoms with Crippen molar-refractivity contribution in [1.82, 2.24) is 4.90 Å². The van der Waals surface area contributed by atoms with Gasteiger partial charge in [0.15, 0.2) is 17.4 Å². The molecule has 2 aliphatic heterocycles. The first-order valence-corrected chi connectivity index (χ1v) is 9.20. The van der Waals surface area contributed by atoms with Crippen LogP contribution in [0.3, 0.4) is 0 Å². The van der Waals surface area contributed by atoms with E-state index in [4.69, 9.17) is 16.3 Å². The van der Waals surface area contributed by atoms with Crippen LogP contribution in [-0.4, -0.2) is 42.8 Å². The molecule has 0 aromatic heterocycles. The predicted molar refractivity (Wildman–Crippen MR) is 99.0 cm³/mol. The Bertz CT molecular complexity index is 988. The zero-order chi connectivity index (χ0) is 19.8. The van der Waals surface area contributed by atoms with Gasteiger partial charge in [-0.1, -0.05) is 17.7 Å². The zero-order valence-corrected chi connectivity index (χ0v) is 15.5. The van der Waals surface area contributed by atoms with Crippen molar-refractivity contribution in [2.24, 2.45) is 4.99 Å². The lowest BCUT2D eigenvalue weighted by atomic mass is 9.95. The molecule has 2 heterocycles. The highest BCUT2D eigenvalue weighted by molar-refractivity contribution is 6.30. The van der Waals surface area contributed by atoms with E-state index in [1.807, 2.05) is 4.90 Å². The molecule has 4 rings (SSSR count). The fourth-order valence-corrected chi connectivity index (χ4v) is 3.66. The van der Waals surface area contributed by atoms with E-state index in [1.54, 1.807) is 0 Å². The normalized spacial score (nSPS) is 16.1. The number of fused-ring (bicyclic) bond motifs is 1. The van der Waals surface area contributed by atoms with Crippen molar-refractivity contribution >= 4 is 28.9 Å². The third-order valence-electron chi connectivity index (χ3n) is 4.90. The molecule has 0 atom stereocenters. The Morgan fingerprint density at radius 2 is 1.89 bits per heavy atom. The van der Waals surface area contributed by atoms with Gasteiger partial charge in [0, 0.05) is 31.5 Å². The summed E-state index contributed by atoms with van der Waals surface area (Å²) in [6.07, 6.45) is 0.141. The average Bonchev–Trinajstić information content (AvgIpc) is 3.14. The molecular weight excluding hydrogens is 393 g/mol. The molecule has 0 aliphatic carbocycles. The highest BCUT2D eigenvalue weighted by Gasteiger charge is 2.30. The number of morpholine rings is 1. The highest BCUT2D eigenvalue weighted by atomic mass is 35.5. The molecule has 28 heavy (non-hydrogen) atoms. The van der Waals surface area contributed by atoms with Crippen LogP contribution < -0.4 is 0 Å². The van der Waals surface area contributed by atoms with Crippen LogP contribution in [0.1, 0.15) is 21.5 Å². The maximum Gasteiger partial charge on any atom is 0.184 e. The van der Waals surface area contributed by atoms with E-state index in [0.717, 1.165) is 6.07 Å². The number of Topliss-reactive ketones (excluding diaryl/α,β-unsaturated/α-hetero) is 1. The largest absolute Gasteiger partial charge is 0.378 e. The van der Waals surface area contributed by atoms with Crippen molar-refractivity contribution < 1.29 is 22.7 Å². The summed E-state index contributed by atoms with van der Waals surface area (Å²) >= 11 is 5.76. The average molecular weight is 409 g/mol. The summed E-state index contributed by atoms with van der Waals surface area (Å²) < 4.78 is 47.1. The van der Waals surface area contributed by atoms with Gasteiger partial charge in [0.05, 0.1) is 18.2 Å². The molecule has 146 valence electrons. The van der Waals surface area contributed by atoms with Crippen molar-refractivity contribution in [1.29, 1.82) is 0 Å². The van der Waals surface area contributed by atoms with E-state index in [0.29, 0.717) is 43.3 Å². The molecule has 0 unspecified atom stereocenters. The number of carbonyl (C=O) groups excluding carboxylic acids is 1. The van der Waals surface area contributed by atoms with Crippen molar-refractivity contribution in [2.45, 2.75) is 12.8 Å². The van der Waals surface area contributed by atoms with Gasteiger partial charge in [-0.2, -0.15) is 0 Å². The van der Waals surface area contributed by atoms with Gasteiger partial charge in [0.25, 0.3) is 0 Å². The number of benzene rings is 2. The van der Waals surface area contributed by atoms with Crippen molar-refractivity contribution in [2.75, 3.05) is 26.3 Å². The van der Waals surface area contributed by atoms with Gasteiger partial charge < -0.3 is 9.64 Å². The number of nitrogens with zero attached hydrogens (tertiary/aromatic N) is 2. The predicted octanol–water partition coefficient (Wildman–Crippen LogP) is 4.10. The van der Waals surface area contributed by atoms with Gasteiger partial charge in [-0.05, 0) is 29.3 Å². The molecule has 0 saturated carbocycles. The fourth-order valence-electron chi connectivity index (χ4n) is 3.46. The van der Waals surface area contributed by atoms with E-state index in [1.165, 1.54) is 18.2 Å². The summed E-state index contributed by atoms with van der Waals surface area (Å²) in [4.78, 5) is 19.0. The van der Waals surface area contributed by atoms with Crippen molar-refractivity contribution in [3.05, 3.63) is 63.4 Å². The fraction of sp³-hybridized carbons (Fsp3) is 0.300. The molecule has 4 nitrogen and oxygen atoms in total. The van der Waals surface area contributed by atoms with Crippen LogP contribution >= 0.6 is 11.6 Å². The molecule has 8 heteroatoms. The SMILES string of the molecule is O=C(Cc1ccc(F)c(Cl)c1)c1cc(F)c(F)c2c1CC(N1CCOCC1)=N2. The van der Waals surface area contributed by atoms with E-state index in [2.05, 4.69) is 4.99 Å². The molecule has 2 aromatic rings. The number of ketones is 1. The molecule has 0 bridgehead atoms. The summed E-state index contributed by atoms with van der Waals surface area (Å²) in [6.45, 7) is 2.27. The van der Waals surface area contributed by atoms with Gasteiger partial charge in [-0.3, -0.25) is 4.79 Å². The second-order valence-corrected chi connectivity index (χ2v) is 7.11. The molecule has 1 saturated heterocycles. The van der Waals surface area contributed by atoms with E-state index >= 15 is 0 Å². The minimum Gasteiger partial charge on any atom is -0.378 e. The van der Waals surface area contributed by atoms with Crippen LogP contribution in [0, 0.1) is 17.5 Å². The maximum absolute atomic E-state index is 14.3. The van der Waals surface area contributed by atoms with Crippen LogP contribution in [0.5, 0.6) is 0 Å². The minimum atomic E-state index is -1.12. The minimum absolute atomic E-state index is 0.0846. The van der Waals surface area contributed by atoms with Gasteiger partial charge in [0.1, 0.15) is 17.3 Å². The monoisotopic (exact) mass is 408 g/mol. The number of halogens is 4. The molecule has 2 aromatic carbocycles. The summed E-state index contributed by atoms with van der Waals surface area (Å²) in [7, 11) is 0. The summed E-state index contributed by atoms with van der Waals surface area (Å²) in [6, 6.07) is 4.87. The van der Waals surface area contributed by atoms with Gasteiger partial charge in [-0.25, -0.2) is 18.2 Å². The Balaban J connectivity index is 1.64. The molecular formula is C20H16ClF3N2O2. The lowest BCUT2D eigenvalue weighted by molar-refractivity contribution is 0.0675. The first-order chi connectivity index (χ1) is 13.4. The van der Waals surface area contributed by atoms with Crippen molar-refractivity contribution in [3.8, 4) is 0 Å². The Labute approximate surface area is 164 Å². The number of hydrogen-bond acceptors (Lipinski definition) is 4. The molecule has 0 amide bonds. The molecule has 0 radical (unpaired) electrons. The third kappa shape index (κ3) is 3.52. The zero-order valence-electron chi connectivity index (χ0n) is 14.8. The summed E-state index contributed by atoms with van der Waals surface area (Å²) in [5.41, 5.74) is 0.823. The van der Waals surface area contributed by atoms with Crippen LogP contribution in [0.4, 0.5) is 18.9 Å². The first-order valence-electron chi connectivity index (χ1n) is 8.82. The second kappa shape index (κ2) is 7.56. The quantitative estimate of drug-likeness (QED) is 0.718. The third-order valence-corrected chi connectivity index (χ3v) is 5.19. The molecule has 1 fully saturated rings. The Morgan fingerprint density at radius 3 is 2.61 bits per heavy atom. The number of amidine groups is 1. The Kier molecular flexibility index (Phi) is 5.12. The van der Waals surface area contributed by atoms with Crippen molar-refractivity contribution in [3.63, 3.8) is 0 Å². The highest BCUT2D eigenvalue weighted by Crippen LogP contribution is 2.36. The summed E-state index contributed by atoms with van der Waals surface area (Å²) in [5.74, 6) is -2.57. The maximum atomic E-state index is 14.3.